The molecule has 2 rings (SSSR count). The van der Waals surface area contributed by atoms with E-state index in [2.05, 4.69) is 10.4 Å². The molecule has 6 heteroatoms. The number of aliphatic hydroxyl groups excluding tert-OH is 2. The lowest BCUT2D eigenvalue weighted by molar-refractivity contribution is 0.128. The zero-order chi connectivity index (χ0) is 16.1. The summed E-state index contributed by atoms with van der Waals surface area (Å²) in [6.45, 7) is 7.30. The van der Waals surface area contributed by atoms with E-state index >= 15 is 0 Å². The topological polar surface area (TPSA) is 83.5 Å². The highest BCUT2D eigenvalue weighted by Crippen LogP contribution is 2.19. The first-order valence-corrected chi connectivity index (χ1v) is 7.61. The van der Waals surface area contributed by atoms with Gasteiger partial charge in [-0.1, -0.05) is 0 Å². The van der Waals surface area contributed by atoms with Crippen LogP contribution in [0.3, 0.4) is 0 Å². The molecule has 2 aromatic rings. The molecule has 0 bridgehead atoms. The van der Waals surface area contributed by atoms with E-state index in [1.807, 2.05) is 25.5 Å². The van der Waals surface area contributed by atoms with Gasteiger partial charge >= 0.3 is 0 Å². The Kier molecular flexibility index (Phi) is 5.76. The summed E-state index contributed by atoms with van der Waals surface area (Å²) in [7, 11) is 0. The Bertz CT molecular complexity index is 578. The minimum atomic E-state index is -0.600. The molecule has 0 amide bonds. The lowest BCUT2D eigenvalue weighted by atomic mass is 10.1. The zero-order valence-corrected chi connectivity index (χ0v) is 13.4. The Balaban J connectivity index is 1.89. The maximum Gasteiger partial charge on any atom is 0.132 e. The van der Waals surface area contributed by atoms with Crippen LogP contribution in [0.25, 0.3) is 0 Å². The molecule has 2 unspecified atom stereocenters. The van der Waals surface area contributed by atoms with Crippen LogP contribution in [0.5, 0.6) is 0 Å². The third kappa shape index (κ3) is 3.97. The van der Waals surface area contributed by atoms with Crippen molar-refractivity contribution in [2.45, 2.75) is 52.4 Å². The summed E-state index contributed by atoms with van der Waals surface area (Å²) in [6.07, 6.45) is 1.55. The van der Waals surface area contributed by atoms with Crippen LogP contribution < -0.4 is 5.32 Å². The Morgan fingerprint density at radius 2 is 2.18 bits per heavy atom. The maximum atomic E-state index is 10.1. The SMILES string of the molecule is Cc1nn(CCO)c(C)c1CNC(C)CC(O)c1ccco1. The van der Waals surface area contributed by atoms with Crippen LogP contribution in [0.2, 0.25) is 0 Å². The van der Waals surface area contributed by atoms with Crippen molar-refractivity contribution >= 4 is 0 Å². The minimum Gasteiger partial charge on any atom is -0.467 e. The average molecular weight is 307 g/mol. The number of aromatic nitrogens is 2. The molecule has 122 valence electrons. The molecule has 0 aromatic carbocycles. The van der Waals surface area contributed by atoms with Crippen molar-refractivity contribution in [3.63, 3.8) is 0 Å². The third-order valence-electron chi connectivity index (χ3n) is 3.92. The smallest absolute Gasteiger partial charge is 0.132 e. The van der Waals surface area contributed by atoms with Crippen molar-refractivity contribution < 1.29 is 14.6 Å². The molecule has 0 radical (unpaired) electrons. The van der Waals surface area contributed by atoms with Crippen LogP contribution in [0.1, 0.15) is 42.2 Å². The first-order valence-electron chi connectivity index (χ1n) is 7.61. The predicted molar refractivity (Wildman–Crippen MR) is 83.4 cm³/mol. The predicted octanol–water partition coefficient (Wildman–Crippen LogP) is 1.69. The summed E-state index contributed by atoms with van der Waals surface area (Å²) in [5, 5.41) is 27.0. The van der Waals surface area contributed by atoms with Crippen LogP contribution in [-0.2, 0) is 13.1 Å². The summed E-state index contributed by atoms with van der Waals surface area (Å²) in [6, 6.07) is 3.70. The van der Waals surface area contributed by atoms with Gasteiger partial charge in [-0.05, 0) is 39.3 Å². The molecule has 2 atom stereocenters. The minimum absolute atomic E-state index is 0.0839. The standard InChI is InChI=1S/C16H25N3O3/c1-11(9-15(21)16-5-4-8-22-16)17-10-14-12(2)18-19(6-7-20)13(14)3/h4-5,8,11,15,17,20-21H,6-7,9-10H2,1-3H3. The quantitative estimate of drug-likeness (QED) is 0.691. The molecule has 0 aliphatic heterocycles. The van der Waals surface area contributed by atoms with E-state index in [1.54, 1.807) is 18.4 Å². The number of nitrogens with zero attached hydrogens (tertiary/aromatic N) is 2. The highest BCUT2D eigenvalue weighted by atomic mass is 16.4. The number of rotatable bonds is 8. The van der Waals surface area contributed by atoms with Gasteiger partial charge in [0.25, 0.3) is 0 Å². The van der Waals surface area contributed by atoms with Gasteiger partial charge in [-0.2, -0.15) is 5.10 Å². The second kappa shape index (κ2) is 7.58. The summed E-state index contributed by atoms with van der Waals surface area (Å²) in [5.41, 5.74) is 3.18. The van der Waals surface area contributed by atoms with Gasteiger partial charge in [-0.15, -0.1) is 0 Å². The van der Waals surface area contributed by atoms with Crippen LogP contribution in [0.15, 0.2) is 22.8 Å². The van der Waals surface area contributed by atoms with Gasteiger partial charge in [0.2, 0.25) is 0 Å². The van der Waals surface area contributed by atoms with E-state index in [1.165, 1.54) is 0 Å². The van der Waals surface area contributed by atoms with Crippen LogP contribution in [-0.4, -0.2) is 32.6 Å². The summed E-state index contributed by atoms with van der Waals surface area (Å²) in [4.78, 5) is 0. The zero-order valence-electron chi connectivity index (χ0n) is 13.4. The van der Waals surface area contributed by atoms with E-state index in [9.17, 15) is 5.11 Å². The summed E-state index contributed by atoms with van der Waals surface area (Å²) >= 11 is 0. The van der Waals surface area contributed by atoms with Gasteiger partial charge in [-0.25, -0.2) is 0 Å². The van der Waals surface area contributed by atoms with E-state index in [0.717, 1.165) is 17.0 Å². The normalized spacial score (nSPS) is 14.2. The van der Waals surface area contributed by atoms with Crippen molar-refractivity contribution in [3.05, 3.63) is 41.1 Å². The van der Waals surface area contributed by atoms with Gasteiger partial charge in [-0.3, -0.25) is 4.68 Å². The Morgan fingerprint density at radius 3 is 2.82 bits per heavy atom. The molecule has 22 heavy (non-hydrogen) atoms. The number of hydrogen-bond donors (Lipinski definition) is 3. The average Bonchev–Trinajstić information content (AvgIpc) is 3.08. The van der Waals surface area contributed by atoms with Crippen molar-refractivity contribution in [3.8, 4) is 0 Å². The van der Waals surface area contributed by atoms with Crippen LogP contribution >= 0.6 is 0 Å². The van der Waals surface area contributed by atoms with Crippen LogP contribution in [0.4, 0.5) is 0 Å². The van der Waals surface area contributed by atoms with E-state index in [-0.39, 0.29) is 12.6 Å². The number of aliphatic hydroxyl groups is 2. The Labute approximate surface area is 130 Å². The van der Waals surface area contributed by atoms with Crippen LogP contribution in [0, 0.1) is 13.8 Å². The number of aryl methyl sites for hydroxylation is 1. The maximum absolute atomic E-state index is 10.1. The fourth-order valence-electron chi connectivity index (χ4n) is 2.59. The number of hydrogen-bond acceptors (Lipinski definition) is 5. The van der Waals surface area contributed by atoms with Gasteiger partial charge < -0.3 is 19.9 Å². The molecule has 0 saturated heterocycles. The number of furan rings is 1. The molecule has 3 N–H and O–H groups in total. The molecule has 0 aliphatic carbocycles. The molecule has 6 nitrogen and oxygen atoms in total. The molecule has 0 fully saturated rings. The van der Waals surface area contributed by atoms with E-state index < -0.39 is 6.10 Å². The molecule has 0 spiro atoms. The van der Waals surface area contributed by atoms with E-state index in [0.29, 0.717) is 25.3 Å². The highest BCUT2D eigenvalue weighted by molar-refractivity contribution is 5.24. The van der Waals surface area contributed by atoms with Crippen molar-refractivity contribution in [2.75, 3.05) is 6.61 Å². The number of nitrogens with one attached hydrogen (secondary N) is 1. The van der Waals surface area contributed by atoms with Crippen molar-refractivity contribution in [2.24, 2.45) is 0 Å². The molecule has 0 aliphatic rings. The molecule has 2 heterocycles. The van der Waals surface area contributed by atoms with Crippen molar-refractivity contribution in [1.29, 1.82) is 0 Å². The Hall–Kier alpha value is -1.63. The Morgan fingerprint density at radius 1 is 1.41 bits per heavy atom. The fourth-order valence-corrected chi connectivity index (χ4v) is 2.59. The van der Waals surface area contributed by atoms with Gasteiger partial charge in [0.1, 0.15) is 11.9 Å². The first-order chi connectivity index (χ1) is 10.5. The van der Waals surface area contributed by atoms with E-state index in [4.69, 9.17) is 9.52 Å². The van der Waals surface area contributed by atoms with Gasteiger partial charge in [0, 0.05) is 23.8 Å². The summed E-state index contributed by atoms with van der Waals surface area (Å²) < 4.78 is 7.04. The molecular formula is C16H25N3O3. The highest BCUT2D eigenvalue weighted by Gasteiger charge is 2.16. The largest absolute Gasteiger partial charge is 0.467 e. The second-order valence-electron chi connectivity index (χ2n) is 5.64. The fraction of sp³-hybridized carbons (Fsp3) is 0.562. The lowest BCUT2D eigenvalue weighted by Crippen LogP contribution is -2.27. The lowest BCUT2D eigenvalue weighted by Gasteiger charge is -2.17. The molecule has 2 aromatic heterocycles. The van der Waals surface area contributed by atoms with Gasteiger partial charge in [0.05, 0.1) is 25.1 Å². The third-order valence-corrected chi connectivity index (χ3v) is 3.92. The molecule has 0 saturated carbocycles. The summed E-state index contributed by atoms with van der Waals surface area (Å²) in [5.74, 6) is 0.594. The van der Waals surface area contributed by atoms with Gasteiger partial charge in [0.15, 0.2) is 0 Å². The second-order valence-corrected chi connectivity index (χ2v) is 5.64. The van der Waals surface area contributed by atoms with Crippen molar-refractivity contribution in [1.82, 2.24) is 15.1 Å². The molecular weight excluding hydrogens is 282 g/mol. The monoisotopic (exact) mass is 307 g/mol. The first kappa shape index (κ1) is 16.7.